The summed E-state index contributed by atoms with van der Waals surface area (Å²) < 4.78 is 68.1. The van der Waals surface area contributed by atoms with Gasteiger partial charge in [-0.2, -0.15) is 0 Å². The highest BCUT2D eigenvalue weighted by atomic mass is 32.3. The van der Waals surface area contributed by atoms with Gasteiger partial charge in [0.15, 0.2) is 29.5 Å². The highest BCUT2D eigenvalue weighted by Crippen LogP contribution is 2.29. The minimum atomic E-state index is -4.70. The van der Waals surface area contributed by atoms with E-state index < -0.39 is 62.6 Å². The molecule has 0 aromatic heterocycles. The molecule has 0 spiro atoms. The molecule has 20 heavy (non-hydrogen) atoms. The van der Waals surface area contributed by atoms with Gasteiger partial charge < -0.3 is 5.11 Å². The normalized spacial score (nSPS) is 14.2. The summed E-state index contributed by atoms with van der Waals surface area (Å²) in [5.74, 6) is -5.80. The third-order valence-electron chi connectivity index (χ3n) is 2.94. The minimum absolute atomic E-state index is 0.555. The second-order valence-electron chi connectivity index (χ2n) is 4.04. The molecule has 0 atom stereocenters. The lowest BCUT2D eigenvalue weighted by atomic mass is 10.5. The molecule has 1 N–H and O–H groups in total. The zero-order valence-corrected chi connectivity index (χ0v) is 13.8. The zero-order valence-electron chi connectivity index (χ0n) is 11.4. The van der Waals surface area contributed by atoms with Gasteiger partial charge in [-0.15, -0.1) is 0 Å². The van der Waals surface area contributed by atoms with Crippen molar-refractivity contribution in [2.24, 2.45) is 0 Å². The predicted molar refractivity (Wildman–Crippen MR) is 73.6 cm³/mol. The van der Waals surface area contributed by atoms with Crippen LogP contribution in [0.25, 0.3) is 0 Å². The van der Waals surface area contributed by atoms with Crippen molar-refractivity contribution in [1.82, 2.24) is 0 Å². The first-order chi connectivity index (χ1) is 8.83. The lowest BCUT2D eigenvalue weighted by Crippen LogP contribution is -2.58. The molecule has 0 aromatic rings. The Morgan fingerprint density at radius 1 is 0.850 bits per heavy atom. The first-order valence-corrected chi connectivity index (χ1v) is 10.8. The van der Waals surface area contributed by atoms with E-state index >= 15 is 0 Å². The highest BCUT2D eigenvalue weighted by molar-refractivity contribution is 8.12. The quantitative estimate of drug-likeness (QED) is 0.592. The van der Waals surface area contributed by atoms with Gasteiger partial charge in [0.2, 0.25) is 0 Å². The van der Waals surface area contributed by atoms with Crippen molar-refractivity contribution in [3.05, 3.63) is 0 Å². The van der Waals surface area contributed by atoms with Gasteiger partial charge in [0, 0.05) is 17.3 Å². The molecule has 0 saturated carbocycles. The first kappa shape index (κ1) is 19.3. The van der Waals surface area contributed by atoms with Crippen LogP contribution < -0.4 is 0 Å². The number of carbonyl (C=O) groups is 1. The second-order valence-corrected chi connectivity index (χ2v) is 11.7. The Balaban J connectivity index is 6.69. The largest absolute Gasteiger partial charge is 0.479 e. The average molecular weight is 350 g/mol. The topological polar surface area (TPSA) is 140 Å². The van der Waals surface area contributed by atoms with Crippen LogP contribution in [-0.2, 0) is 34.3 Å². The summed E-state index contributed by atoms with van der Waals surface area (Å²) >= 11 is 0. The summed E-state index contributed by atoms with van der Waals surface area (Å²) in [4.78, 5) is 11.4. The molecule has 11 heteroatoms. The van der Waals surface area contributed by atoms with E-state index in [0.717, 1.165) is 13.8 Å². The minimum Gasteiger partial charge on any atom is -0.479 e. The molecule has 0 fully saturated rings. The number of aliphatic carboxylic acids is 1. The lowest BCUT2D eigenvalue weighted by Gasteiger charge is -2.27. The Morgan fingerprint density at radius 2 is 1.20 bits per heavy atom. The lowest BCUT2D eigenvalue weighted by molar-refractivity contribution is -0.137. The van der Waals surface area contributed by atoms with Gasteiger partial charge in [0.05, 0.1) is 5.75 Å². The van der Waals surface area contributed by atoms with Crippen molar-refractivity contribution in [2.75, 3.05) is 23.0 Å². The molecule has 0 bridgehead atoms. The molecule has 120 valence electrons. The fourth-order valence-corrected chi connectivity index (χ4v) is 8.70. The maximum atomic E-state index is 12.0. The first-order valence-electron chi connectivity index (χ1n) is 5.72. The molecule has 8 nitrogen and oxygen atoms in total. The molecule has 0 aliphatic rings. The number of sulfone groups is 3. The third kappa shape index (κ3) is 3.14. The molecule has 0 aromatic carbocycles. The number of rotatable bonds is 8. The van der Waals surface area contributed by atoms with E-state index in [1.165, 1.54) is 6.92 Å². The van der Waals surface area contributed by atoms with Crippen LogP contribution in [0.3, 0.4) is 0 Å². The van der Waals surface area contributed by atoms with Gasteiger partial charge in [-0.05, 0) is 0 Å². The standard InChI is InChI=1S/C9H18O8S3/c1-4-18(12,13)7-9(8(10)11,19(14,15)5-2)20(16,17)6-3/h4-7H2,1-3H3,(H,10,11). The van der Waals surface area contributed by atoms with Crippen LogP contribution in [0.1, 0.15) is 20.8 Å². The van der Waals surface area contributed by atoms with E-state index in [1.807, 2.05) is 0 Å². The van der Waals surface area contributed by atoms with E-state index in [-0.39, 0.29) is 0 Å². The van der Waals surface area contributed by atoms with Gasteiger partial charge in [0.1, 0.15) is 0 Å². The van der Waals surface area contributed by atoms with Crippen LogP contribution in [0.2, 0.25) is 0 Å². The molecule has 0 amide bonds. The Morgan fingerprint density at radius 3 is 1.40 bits per heavy atom. The predicted octanol–water partition coefficient (Wildman–Crippen LogP) is -0.929. The summed E-state index contributed by atoms with van der Waals surface area (Å²) in [5, 5.41) is 9.19. The Bertz CT molecular complexity index is 635. The number of hydrogen-bond donors (Lipinski definition) is 1. The number of carboxylic acids is 1. The second kappa shape index (κ2) is 5.98. The van der Waals surface area contributed by atoms with Gasteiger partial charge in [0.25, 0.3) is 4.08 Å². The van der Waals surface area contributed by atoms with Crippen LogP contribution in [0.15, 0.2) is 0 Å². The number of hydrogen-bond acceptors (Lipinski definition) is 7. The van der Waals surface area contributed by atoms with Crippen LogP contribution in [0.5, 0.6) is 0 Å². The van der Waals surface area contributed by atoms with E-state index in [0.29, 0.717) is 0 Å². The van der Waals surface area contributed by atoms with E-state index in [9.17, 15) is 35.2 Å². The van der Waals surface area contributed by atoms with Crippen molar-refractivity contribution in [3.8, 4) is 0 Å². The van der Waals surface area contributed by atoms with Crippen molar-refractivity contribution in [2.45, 2.75) is 24.9 Å². The van der Waals surface area contributed by atoms with Gasteiger partial charge in [-0.25, -0.2) is 30.0 Å². The summed E-state index contributed by atoms with van der Waals surface area (Å²) in [5.41, 5.74) is 0. The number of carboxylic acid groups (broad SMARTS) is 1. The molecule has 0 unspecified atom stereocenters. The van der Waals surface area contributed by atoms with Gasteiger partial charge in [-0.3, -0.25) is 0 Å². The third-order valence-corrected chi connectivity index (χ3v) is 10.7. The van der Waals surface area contributed by atoms with Crippen molar-refractivity contribution < 1.29 is 35.2 Å². The van der Waals surface area contributed by atoms with Crippen LogP contribution in [-0.4, -0.2) is 63.4 Å². The molecule has 0 aliphatic heterocycles. The molecule has 0 rings (SSSR count). The van der Waals surface area contributed by atoms with E-state index in [1.54, 1.807) is 0 Å². The summed E-state index contributed by atoms with van der Waals surface area (Å²) in [6.45, 7) is 3.31. The molecular weight excluding hydrogens is 332 g/mol. The SMILES string of the molecule is CCS(=O)(=O)CC(C(=O)O)(S(=O)(=O)CC)S(=O)(=O)CC. The van der Waals surface area contributed by atoms with Crippen LogP contribution in [0, 0.1) is 0 Å². The van der Waals surface area contributed by atoms with E-state index in [4.69, 9.17) is 0 Å². The molecular formula is C9H18O8S3. The maximum Gasteiger partial charge on any atom is 0.341 e. The highest BCUT2D eigenvalue weighted by Gasteiger charge is 2.62. The van der Waals surface area contributed by atoms with Crippen molar-refractivity contribution in [3.63, 3.8) is 0 Å². The average Bonchev–Trinajstić information content (AvgIpc) is 2.35. The fourth-order valence-electron chi connectivity index (χ4n) is 1.56. The molecule has 0 heterocycles. The Hall–Kier alpha value is -0.680. The molecule has 0 aliphatic carbocycles. The Labute approximate surface area is 118 Å². The monoisotopic (exact) mass is 350 g/mol. The van der Waals surface area contributed by atoms with Crippen molar-refractivity contribution in [1.29, 1.82) is 0 Å². The van der Waals surface area contributed by atoms with Crippen LogP contribution >= 0.6 is 0 Å². The van der Waals surface area contributed by atoms with Gasteiger partial charge >= 0.3 is 5.97 Å². The molecule has 0 saturated heterocycles. The fraction of sp³-hybridized carbons (Fsp3) is 0.889. The Kier molecular flexibility index (Phi) is 5.77. The summed E-state index contributed by atoms with van der Waals surface area (Å²) in [7, 11) is -13.5. The smallest absolute Gasteiger partial charge is 0.341 e. The molecule has 0 radical (unpaired) electrons. The summed E-state index contributed by atoms with van der Waals surface area (Å²) in [6.07, 6.45) is 0. The van der Waals surface area contributed by atoms with E-state index in [2.05, 4.69) is 0 Å². The summed E-state index contributed by atoms with van der Waals surface area (Å²) in [6, 6.07) is 0. The zero-order chi connectivity index (χ0) is 16.4. The van der Waals surface area contributed by atoms with Crippen LogP contribution in [0.4, 0.5) is 0 Å². The maximum absolute atomic E-state index is 12.0. The van der Waals surface area contributed by atoms with Gasteiger partial charge in [-0.1, -0.05) is 20.8 Å². The van der Waals surface area contributed by atoms with Crippen molar-refractivity contribution >= 4 is 35.5 Å².